The summed E-state index contributed by atoms with van der Waals surface area (Å²) in [6, 6.07) is 7.37. The average Bonchev–Trinajstić information content (AvgIpc) is 2.15. The third kappa shape index (κ3) is 3.42. The predicted octanol–water partition coefficient (Wildman–Crippen LogP) is 2.57. The van der Waals surface area contributed by atoms with Crippen LogP contribution in [0.25, 0.3) is 0 Å². The first kappa shape index (κ1) is 14.4. The van der Waals surface area contributed by atoms with Crippen molar-refractivity contribution in [3.8, 4) is 0 Å². The van der Waals surface area contributed by atoms with Gasteiger partial charge in [0.2, 0.25) is 0 Å². The molecule has 0 aromatic heterocycles. The van der Waals surface area contributed by atoms with Crippen molar-refractivity contribution < 1.29 is 9.90 Å². The minimum Gasteiger partial charge on any atom is -0.388 e. The summed E-state index contributed by atoms with van der Waals surface area (Å²) in [4.78, 5) is 12.1. The first-order valence-electron chi connectivity index (χ1n) is 5.44. The molecule has 0 heterocycles. The number of hydrogen-bond donors (Lipinski definition) is 2. The Balaban J connectivity index is 2.92. The third-order valence-electron chi connectivity index (χ3n) is 3.07. The highest BCUT2D eigenvalue weighted by Gasteiger charge is 2.36. The van der Waals surface area contributed by atoms with E-state index in [9.17, 15) is 9.90 Å². The fourth-order valence-electron chi connectivity index (χ4n) is 1.15. The highest BCUT2D eigenvalue weighted by molar-refractivity contribution is 14.1. The van der Waals surface area contributed by atoms with Gasteiger partial charge in [-0.05, 0) is 62.4 Å². The first-order valence-corrected chi connectivity index (χ1v) is 6.52. The zero-order valence-electron chi connectivity index (χ0n) is 10.5. The van der Waals surface area contributed by atoms with E-state index in [0.29, 0.717) is 5.56 Å². The molecule has 94 valence electrons. The fourth-order valence-corrected chi connectivity index (χ4v) is 1.78. The average molecular weight is 347 g/mol. The van der Waals surface area contributed by atoms with E-state index in [0.717, 1.165) is 3.57 Å². The van der Waals surface area contributed by atoms with Gasteiger partial charge in [-0.3, -0.25) is 4.79 Å². The SMILES string of the molecule is CC(C)(O)C(C)(C)NC(=O)c1ccccc1I. The molecule has 0 aliphatic rings. The van der Waals surface area contributed by atoms with Crippen LogP contribution in [-0.4, -0.2) is 22.2 Å². The molecular formula is C13H18INO2. The summed E-state index contributed by atoms with van der Waals surface area (Å²) in [7, 11) is 0. The monoisotopic (exact) mass is 347 g/mol. The first-order chi connectivity index (χ1) is 7.65. The summed E-state index contributed by atoms with van der Waals surface area (Å²) < 4.78 is 0.897. The lowest BCUT2D eigenvalue weighted by Crippen LogP contribution is -2.57. The Morgan fingerprint density at radius 3 is 2.24 bits per heavy atom. The van der Waals surface area contributed by atoms with Crippen molar-refractivity contribution in [2.45, 2.75) is 38.8 Å². The van der Waals surface area contributed by atoms with E-state index in [2.05, 4.69) is 27.9 Å². The smallest absolute Gasteiger partial charge is 0.252 e. The van der Waals surface area contributed by atoms with Gasteiger partial charge >= 0.3 is 0 Å². The lowest BCUT2D eigenvalue weighted by Gasteiger charge is -2.38. The summed E-state index contributed by atoms with van der Waals surface area (Å²) in [6.45, 7) is 6.98. The Labute approximate surface area is 116 Å². The number of hydrogen-bond acceptors (Lipinski definition) is 2. The molecule has 1 amide bonds. The lowest BCUT2D eigenvalue weighted by molar-refractivity contribution is -0.00294. The minimum absolute atomic E-state index is 0.165. The van der Waals surface area contributed by atoms with E-state index >= 15 is 0 Å². The van der Waals surface area contributed by atoms with Crippen molar-refractivity contribution in [3.05, 3.63) is 33.4 Å². The summed E-state index contributed by atoms with van der Waals surface area (Å²) in [5, 5.41) is 12.9. The Morgan fingerprint density at radius 1 is 1.24 bits per heavy atom. The Morgan fingerprint density at radius 2 is 1.76 bits per heavy atom. The Hall–Kier alpha value is -0.620. The fraction of sp³-hybridized carbons (Fsp3) is 0.462. The zero-order chi connectivity index (χ0) is 13.3. The largest absolute Gasteiger partial charge is 0.388 e. The van der Waals surface area contributed by atoms with Gasteiger partial charge < -0.3 is 10.4 Å². The molecule has 17 heavy (non-hydrogen) atoms. The summed E-state index contributed by atoms with van der Waals surface area (Å²) >= 11 is 2.12. The molecule has 0 aliphatic heterocycles. The van der Waals surface area contributed by atoms with Gasteiger partial charge in [-0.25, -0.2) is 0 Å². The molecule has 1 aromatic rings. The molecule has 0 saturated heterocycles. The molecule has 0 aliphatic carbocycles. The van der Waals surface area contributed by atoms with Gasteiger partial charge in [-0.1, -0.05) is 12.1 Å². The zero-order valence-corrected chi connectivity index (χ0v) is 12.7. The molecule has 0 radical (unpaired) electrons. The van der Waals surface area contributed by atoms with Crippen LogP contribution in [0.5, 0.6) is 0 Å². The van der Waals surface area contributed by atoms with E-state index in [-0.39, 0.29) is 5.91 Å². The second-order valence-electron chi connectivity index (χ2n) is 5.12. The molecule has 0 saturated carbocycles. The van der Waals surface area contributed by atoms with Crippen LogP contribution in [0.1, 0.15) is 38.1 Å². The number of nitrogens with one attached hydrogen (secondary N) is 1. The maximum atomic E-state index is 12.1. The van der Waals surface area contributed by atoms with Crippen LogP contribution < -0.4 is 5.32 Å². The quantitative estimate of drug-likeness (QED) is 0.826. The van der Waals surface area contributed by atoms with Crippen LogP contribution in [0.3, 0.4) is 0 Å². The van der Waals surface area contributed by atoms with Gasteiger partial charge in [-0.2, -0.15) is 0 Å². The van der Waals surface area contributed by atoms with Gasteiger partial charge in [0.25, 0.3) is 5.91 Å². The number of rotatable bonds is 3. The maximum absolute atomic E-state index is 12.1. The minimum atomic E-state index is -0.983. The van der Waals surface area contributed by atoms with Crippen molar-refractivity contribution in [1.29, 1.82) is 0 Å². The molecule has 0 atom stereocenters. The van der Waals surface area contributed by atoms with Gasteiger partial charge in [0.15, 0.2) is 0 Å². The number of halogens is 1. The van der Waals surface area contributed by atoms with E-state index in [4.69, 9.17) is 0 Å². The van der Waals surface area contributed by atoms with Crippen LogP contribution in [-0.2, 0) is 0 Å². The second kappa shape index (κ2) is 4.94. The van der Waals surface area contributed by atoms with Crippen molar-refractivity contribution in [1.82, 2.24) is 5.32 Å². The lowest BCUT2D eigenvalue weighted by atomic mass is 9.86. The van der Waals surface area contributed by atoms with Crippen molar-refractivity contribution >= 4 is 28.5 Å². The molecule has 0 unspecified atom stereocenters. The van der Waals surface area contributed by atoms with E-state index < -0.39 is 11.1 Å². The van der Waals surface area contributed by atoms with E-state index in [1.165, 1.54) is 0 Å². The molecule has 1 aromatic carbocycles. The van der Waals surface area contributed by atoms with Gasteiger partial charge in [0.1, 0.15) is 0 Å². The molecule has 2 N–H and O–H groups in total. The van der Waals surface area contributed by atoms with Crippen molar-refractivity contribution in [2.75, 3.05) is 0 Å². The van der Waals surface area contributed by atoms with Crippen LogP contribution in [0, 0.1) is 3.57 Å². The molecule has 0 fully saturated rings. The Kier molecular flexibility index (Phi) is 4.19. The van der Waals surface area contributed by atoms with E-state index in [1.807, 2.05) is 18.2 Å². The maximum Gasteiger partial charge on any atom is 0.252 e. The summed E-state index contributed by atoms with van der Waals surface area (Å²) in [5.41, 5.74) is -1.04. The topological polar surface area (TPSA) is 49.3 Å². The number of carbonyl (C=O) groups excluding carboxylic acids is 1. The van der Waals surface area contributed by atoms with Crippen LogP contribution in [0.2, 0.25) is 0 Å². The molecule has 0 spiro atoms. The molecular weight excluding hydrogens is 329 g/mol. The number of carbonyl (C=O) groups is 1. The van der Waals surface area contributed by atoms with Gasteiger partial charge in [-0.15, -0.1) is 0 Å². The highest BCUT2D eigenvalue weighted by Crippen LogP contribution is 2.22. The number of aliphatic hydroxyl groups is 1. The van der Waals surface area contributed by atoms with Crippen molar-refractivity contribution in [3.63, 3.8) is 0 Å². The number of benzene rings is 1. The standard InChI is InChI=1S/C13H18INO2/c1-12(2,13(3,4)17)15-11(16)9-7-5-6-8-10(9)14/h5-8,17H,1-4H3,(H,15,16). The van der Waals surface area contributed by atoms with Crippen LogP contribution in [0.15, 0.2) is 24.3 Å². The predicted molar refractivity (Wildman–Crippen MR) is 77.0 cm³/mol. The van der Waals surface area contributed by atoms with Gasteiger partial charge in [0.05, 0.1) is 16.7 Å². The Bertz CT molecular complexity index is 422. The summed E-state index contributed by atoms with van der Waals surface area (Å²) in [5.74, 6) is -0.165. The second-order valence-corrected chi connectivity index (χ2v) is 6.28. The van der Waals surface area contributed by atoms with Crippen LogP contribution >= 0.6 is 22.6 Å². The molecule has 1 rings (SSSR count). The van der Waals surface area contributed by atoms with Crippen molar-refractivity contribution in [2.24, 2.45) is 0 Å². The third-order valence-corrected chi connectivity index (χ3v) is 4.01. The highest BCUT2D eigenvalue weighted by atomic mass is 127. The molecule has 4 heteroatoms. The molecule has 3 nitrogen and oxygen atoms in total. The molecule has 0 bridgehead atoms. The summed E-state index contributed by atoms with van der Waals surface area (Å²) in [6.07, 6.45) is 0. The van der Waals surface area contributed by atoms with Crippen LogP contribution in [0.4, 0.5) is 0 Å². The normalized spacial score (nSPS) is 12.4. The van der Waals surface area contributed by atoms with E-state index in [1.54, 1.807) is 33.8 Å². The van der Waals surface area contributed by atoms with Gasteiger partial charge in [0, 0.05) is 3.57 Å². The number of amides is 1.